The smallest absolute Gasteiger partial charge is 0.405 e. The molecule has 0 atom stereocenters. The summed E-state index contributed by atoms with van der Waals surface area (Å²) >= 11 is 0. The Balaban J connectivity index is 2.72. The number of nitrogens with one attached hydrogen (secondary N) is 1. The van der Waals surface area contributed by atoms with Crippen LogP contribution in [0.5, 0.6) is 5.75 Å². The van der Waals surface area contributed by atoms with Crippen LogP contribution in [0.3, 0.4) is 0 Å². The SMILES string of the molecule is C=C(C)CNC(N)=NCc1ccccc1OC(F)(F)F. The molecular weight excluding hydrogens is 271 g/mol. The average Bonchev–Trinajstić information content (AvgIpc) is 2.33. The highest BCUT2D eigenvalue weighted by atomic mass is 19.4. The summed E-state index contributed by atoms with van der Waals surface area (Å²) in [7, 11) is 0. The lowest BCUT2D eigenvalue weighted by Gasteiger charge is -2.12. The molecule has 0 aliphatic rings. The normalized spacial score (nSPS) is 12.1. The van der Waals surface area contributed by atoms with Crippen LogP contribution in [0.25, 0.3) is 0 Å². The van der Waals surface area contributed by atoms with E-state index in [0.717, 1.165) is 5.57 Å². The van der Waals surface area contributed by atoms with Crippen molar-refractivity contribution in [2.24, 2.45) is 10.7 Å². The lowest BCUT2D eigenvalue weighted by atomic mass is 10.2. The summed E-state index contributed by atoms with van der Waals surface area (Å²) in [6.07, 6.45) is -4.73. The Hall–Kier alpha value is -2.18. The fraction of sp³-hybridized carbons (Fsp3) is 0.308. The van der Waals surface area contributed by atoms with Crippen LogP contribution in [0.1, 0.15) is 12.5 Å². The second kappa shape index (κ2) is 6.83. The van der Waals surface area contributed by atoms with Crippen LogP contribution in [0.2, 0.25) is 0 Å². The highest BCUT2D eigenvalue weighted by Gasteiger charge is 2.31. The van der Waals surface area contributed by atoms with Gasteiger partial charge in [0.05, 0.1) is 6.54 Å². The van der Waals surface area contributed by atoms with Crippen LogP contribution in [0.15, 0.2) is 41.4 Å². The number of hydrogen-bond acceptors (Lipinski definition) is 2. The van der Waals surface area contributed by atoms with Crippen LogP contribution in [-0.4, -0.2) is 18.9 Å². The molecule has 0 saturated heterocycles. The number of alkyl halides is 3. The molecule has 0 aliphatic carbocycles. The summed E-state index contributed by atoms with van der Waals surface area (Å²) in [6.45, 7) is 5.94. The van der Waals surface area contributed by atoms with Gasteiger partial charge in [-0.3, -0.25) is 0 Å². The fourth-order valence-corrected chi connectivity index (χ4v) is 1.33. The third-order valence-corrected chi connectivity index (χ3v) is 2.19. The number of hydrogen-bond donors (Lipinski definition) is 2. The topological polar surface area (TPSA) is 59.6 Å². The largest absolute Gasteiger partial charge is 0.573 e. The first-order valence-corrected chi connectivity index (χ1v) is 5.80. The van der Waals surface area contributed by atoms with Gasteiger partial charge in [0.2, 0.25) is 0 Å². The van der Waals surface area contributed by atoms with Crippen molar-refractivity contribution < 1.29 is 17.9 Å². The summed E-state index contributed by atoms with van der Waals surface area (Å²) in [6, 6.07) is 5.79. The number of rotatable bonds is 5. The predicted molar refractivity (Wildman–Crippen MR) is 71.3 cm³/mol. The van der Waals surface area contributed by atoms with Gasteiger partial charge in [0.25, 0.3) is 0 Å². The van der Waals surface area contributed by atoms with Crippen molar-refractivity contribution in [3.8, 4) is 5.75 Å². The number of nitrogens with zero attached hydrogens (tertiary/aromatic N) is 1. The van der Waals surface area contributed by atoms with Gasteiger partial charge in [-0.25, -0.2) is 4.99 Å². The van der Waals surface area contributed by atoms with E-state index in [9.17, 15) is 13.2 Å². The summed E-state index contributed by atoms with van der Waals surface area (Å²) < 4.78 is 40.6. The molecule has 3 N–H and O–H groups in total. The zero-order valence-corrected chi connectivity index (χ0v) is 11.0. The van der Waals surface area contributed by atoms with Gasteiger partial charge in [-0.15, -0.1) is 13.2 Å². The number of halogens is 3. The average molecular weight is 287 g/mol. The van der Waals surface area contributed by atoms with E-state index in [4.69, 9.17) is 5.73 Å². The van der Waals surface area contributed by atoms with E-state index in [1.165, 1.54) is 18.2 Å². The number of benzene rings is 1. The Labute approximate surface area is 115 Å². The second-order valence-electron chi connectivity index (χ2n) is 4.17. The van der Waals surface area contributed by atoms with Crippen molar-refractivity contribution in [3.63, 3.8) is 0 Å². The first-order valence-electron chi connectivity index (χ1n) is 5.80. The lowest BCUT2D eigenvalue weighted by Crippen LogP contribution is -2.32. The highest BCUT2D eigenvalue weighted by Crippen LogP contribution is 2.26. The Morgan fingerprint density at radius 2 is 2.05 bits per heavy atom. The third kappa shape index (κ3) is 6.12. The van der Waals surface area contributed by atoms with E-state index in [0.29, 0.717) is 12.1 Å². The maximum absolute atomic E-state index is 12.2. The number of para-hydroxylation sites is 1. The molecule has 1 aromatic carbocycles. The van der Waals surface area contributed by atoms with Gasteiger partial charge in [0, 0.05) is 12.1 Å². The second-order valence-corrected chi connectivity index (χ2v) is 4.17. The molecule has 0 aromatic heterocycles. The van der Waals surface area contributed by atoms with E-state index in [1.54, 1.807) is 6.07 Å². The van der Waals surface area contributed by atoms with Crippen molar-refractivity contribution in [2.75, 3.05) is 6.54 Å². The Morgan fingerprint density at radius 3 is 2.65 bits per heavy atom. The maximum atomic E-state index is 12.2. The van der Waals surface area contributed by atoms with Gasteiger partial charge in [0.15, 0.2) is 5.96 Å². The third-order valence-electron chi connectivity index (χ3n) is 2.19. The molecule has 0 radical (unpaired) electrons. The van der Waals surface area contributed by atoms with Crippen molar-refractivity contribution >= 4 is 5.96 Å². The molecule has 0 bridgehead atoms. The molecule has 20 heavy (non-hydrogen) atoms. The molecule has 0 aliphatic heterocycles. The van der Waals surface area contributed by atoms with E-state index < -0.39 is 6.36 Å². The Bertz CT molecular complexity index is 498. The molecule has 0 unspecified atom stereocenters. The monoisotopic (exact) mass is 287 g/mol. The van der Waals surface area contributed by atoms with Crippen molar-refractivity contribution in [3.05, 3.63) is 42.0 Å². The van der Waals surface area contributed by atoms with Crippen molar-refractivity contribution in [1.82, 2.24) is 5.32 Å². The Kier molecular flexibility index (Phi) is 5.42. The highest BCUT2D eigenvalue weighted by molar-refractivity contribution is 5.78. The standard InChI is InChI=1S/C13H16F3N3O/c1-9(2)7-18-12(17)19-8-10-5-3-4-6-11(10)20-13(14,15)16/h3-6H,1,7-8H2,2H3,(H3,17,18,19). The minimum absolute atomic E-state index is 0.0126. The maximum Gasteiger partial charge on any atom is 0.573 e. The van der Waals surface area contributed by atoms with Crippen molar-refractivity contribution in [1.29, 1.82) is 0 Å². The van der Waals surface area contributed by atoms with Gasteiger partial charge >= 0.3 is 6.36 Å². The van der Waals surface area contributed by atoms with Crippen LogP contribution < -0.4 is 15.8 Å². The molecule has 7 heteroatoms. The summed E-state index contributed by atoms with van der Waals surface area (Å²) in [4.78, 5) is 3.95. The molecule has 0 heterocycles. The number of aliphatic imine (C=N–C) groups is 1. The van der Waals surface area contributed by atoms with Gasteiger partial charge in [-0.05, 0) is 13.0 Å². The minimum Gasteiger partial charge on any atom is -0.405 e. The molecule has 0 fully saturated rings. The van der Waals surface area contributed by atoms with Gasteiger partial charge in [0.1, 0.15) is 5.75 Å². The number of ether oxygens (including phenoxy) is 1. The number of guanidine groups is 1. The molecule has 110 valence electrons. The van der Waals surface area contributed by atoms with Gasteiger partial charge in [-0.2, -0.15) is 0 Å². The van der Waals surface area contributed by atoms with E-state index >= 15 is 0 Å². The summed E-state index contributed by atoms with van der Waals surface area (Å²) in [5.41, 5.74) is 6.74. The van der Waals surface area contributed by atoms with Gasteiger partial charge in [-0.1, -0.05) is 30.4 Å². The lowest BCUT2D eigenvalue weighted by molar-refractivity contribution is -0.274. The fourth-order valence-electron chi connectivity index (χ4n) is 1.33. The van der Waals surface area contributed by atoms with Crippen LogP contribution in [-0.2, 0) is 6.54 Å². The van der Waals surface area contributed by atoms with Crippen LogP contribution >= 0.6 is 0 Å². The van der Waals surface area contributed by atoms with Crippen LogP contribution in [0.4, 0.5) is 13.2 Å². The van der Waals surface area contributed by atoms with E-state index in [1.807, 2.05) is 6.92 Å². The van der Waals surface area contributed by atoms with Crippen molar-refractivity contribution in [2.45, 2.75) is 19.8 Å². The molecular formula is C13H16F3N3O. The first-order chi connectivity index (χ1) is 9.28. The molecule has 1 rings (SSSR count). The zero-order chi connectivity index (χ0) is 15.2. The minimum atomic E-state index is -4.73. The number of nitrogens with two attached hydrogens (primary N) is 1. The van der Waals surface area contributed by atoms with Gasteiger partial charge < -0.3 is 15.8 Å². The molecule has 0 saturated carbocycles. The van der Waals surface area contributed by atoms with E-state index in [2.05, 4.69) is 21.6 Å². The summed E-state index contributed by atoms with van der Waals surface area (Å²) in [5, 5.41) is 2.79. The predicted octanol–water partition coefficient (Wildman–Crippen LogP) is 2.57. The summed E-state index contributed by atoms with van der Waals surface area (Å²) in [5.74, 6) is -0.147. The molecule has 0 amide bonds. The van der Waals surface area contributed by atoms with E-state index in [-0.39, 0.29) is 18.3 Å². The zero-order valence-electron chi connectivity index (χ0n) is 11.0. The van der Waals surface area contributed by atoms with Crippen LogP contribution in [0, 0.1) is 0 Å². The first kappa shape index (κ1) is 15.9. The quantitative estimate of drug-likeness (QED) is 0.497. The molecule has 0 spiro atoms. The molecule has 1 aromatic rings. The Morgan fingerprint density at radius 1 is 1.40 bits per heavy atom. The molecule has 4 nitrogen and oxygen atoms in total.